The van der Waals surface area contributed by atoms with Crippen molar-refractivity contribution >= 4 is 51.8 Å². The maximum atomic E-state index is 12.4. The van der Waals surface area contributed by atoms with Gasteiger partial charge in [0, 0.05) is 18.1 Å². The molecule has 1 amide bonds. The molecular formula is C18H13Cl2N3O3. The average Bonchev–Trinajstić information content (AvgIpc) is 2.64. The number of anilines is 1. The minimum Gasteiger partial charge on any atom is -0.449 e. The molecule has 0 aliphatic heterocycles. The summed E-state index contributed by atoms with van der Waals surface area (Å²) in [6, 6.07) is 9.65. The summed E-state index contributed by atoms with van der Waals surface area (Å²) in [4.78, 5) is 32.9. The number of carbonyl (C=O) groups is 2. The van der Waals surface area contributed by atoms with Crippen molar-refractivity contribution in [2.75, 3.05) is 5.32 Å². The van der Waals surface area contributed by atoms with Crippen molar-refractivity contribution < 1.29 is 14.3 Å². The minimum absolute atomic E-state index is 0.241. The van der Waals surface area contributed by atoms with E-state index >= 15 is 0 Å². The number of rotatable bonds is 4. The zero-order valence-electron chi connectivity index (χ0n) is 13.6. The van der Waals surface area contributed by atoms with E-state index in [4.69, 9.17) is 27.9 Å². The molecule has 1 N–H and O–H groups in total. The van der Waals surface area contributed by atoms with Crippen LogP contribution in [0, 0.1) is 0 Å². The third-order valence-electron chi connectivity index (χ3n) is 3.56. The number of fused-ring (bicyclic) bond motifs is 1. The van der Waals surface area contributed by atoms with E-state index in [0.29, 0.717) is 26.8 Å². The molecule has 0 aliphatic carbocycles. The normalized spacial score (nSPS) is 11.8. The number of carbonyl (C=O) groups excluding carboxylic acids is 2. The highest BCUT2D eigenvalue weighted by atomic mass is 35.5. The topological polar surface area (TPSA) is 81.2 Å². The van der Waals surface area contributed by atoms with Crippen molar-refractivity contribution in [1.29, 1.82) is 0 Å². The van der Waals surface area contributed by atoms with Crippen molar-refractivity contribution in [2.24, 2.45) is 0 Å². The van der Waals surface area contributed by atoms with E-state index in [9.17, 15) is 9.59 Å². The summed E-state index contributed by atoms with van der Waals surface area (Å²) in [6.45, 7) is 1.47. The molecule has 1 atom stereocenters. The number of hydrogen-bond donors (Lipinski definition) is 1. The van der Waals surface area contributed by atoms with Gasteiger partial charge in [0.25, 0.3) is 5.91 Å². The van der Waals surface area contributed by atoms with Gasteiger partial charge in [-0.1, -0.05) is 29.3 Å². The molecule has 3 rings (SSSR count). The van der Waals surface area contributed by atoms with Crippen LogP contribution in [0.15, 0.2) is 48.8 Å². The molecular weight excluding hydrogens is 377 g/mol. The lowest BCUT2D eigenvalue weighted by Crippen LogP contribution is -2.30. The second-order valence-corrected chi connectivity index (χ2v) is 6.21. The SMILES string of the molecule is CC(OC(=O)c1cccc2nccnc12)C(=O)Nc1ccc(Cl)c(Cl)c1. The second kappa shape index (κ2) is 7.68. The van der Waals surface area contributed by atoms with E-state index in [-0.39, 0.29) is 5.56 Å². The Labute approximate surface area is 159 Å². The molecule has 0 aliphatic rings. The maximum absolute atomic E-state index is 12.4. The molecule has 0 saturated heterocycles. The van der Waals surface area contributed by atoms with Gasteiger partial charge in [-0.2, -0.15) is 0 Å². The second-order valence-electron chi connectivity index (χ2n) is 5.40. The van der Waals surface area contributed by atoms with Gasteiger partial charge in [-0.05, 0) is 37.3 Å². The quantitative estimate of drug-likeness (QED) is 0.678. The zero-order valence-corrected chi connectivity index (χ0v) is 15.1. The first-order valence-electron chi connectivity index (χ1n) is 7.62. The molecule has 0 spiro atoms. The van der Waals surface area contributed by atoms with Crippen LogP contribution in [0.1, 0.15) is 17.3 Å². The summed E-state index contributed by atoms with van der Waals surface area (Å²) in [5.74, 6) is -1.16. The van der Waals surface area contributed by atoms with Crippen LogP contribution in [-0.2, 0) is 9.53 Å². The van der Waals surface area contributed by atoms with E-state index in [1.807, 2.05) is 0 Å². The third-order valence-corrected chi connectivity index (χ3v) is 4.30. The summed E-state index contributed by atoms with van der Waals surface area (Å²) in [5.41, 5.74) is 1.67. The Morgan fingerprint density at radius 1 is 1.08 bits per heavy atom. The fourth-order valence-electron chi connectivity index (χ4n) is 2.25. The first-order chi connectivity index (χ1) is 12.5. The average molecular weight is 390 g/mol. The summed E-state index contributed by atoms with van der Waals surface area (Å²) < 4.78 is 5.25. The van der Waals surface area contributed by atoms with Crippen LogP contribution in [0.2, 0.25) is 10.0 Å². The van der Waals surface area contributed by atoms with Gasteiger partial charge < -0.3 is 10.1 Å². The van der Waals surface area contributed by atoms with Crippen molar-refractivity contribution in [3.63, 3.8) is 0 Å². The Bertz CT molecular complexity index is 989. The highest BCUT2D eigenvalue weighted by molar-refractivity contribution is 6.42. The highest BCUT2D eigenvalue weighted by Gasteiger charge is 2.21. The van der Waals surface area contributed by atoms with Crippen molar-refractivity contribution in [3.05, 3.63) is 64.4 Å². The lowest BCUT2D eigenvalue weighted by atomic mass is 10.2. The number of ether oxygens (including phenoxy) is 1. The standard InChI is InChI=1S/C18H13Cl2N3O3/c1-10(17(24)23-11-5-6-13(19)14(20)9-11)26-18(25)12-3-2-4-15-16(12)22-8-7-21-15/h2-10H,1H3,(H,23,24). The van der Waals surface area contributed by atoms with Crippen LogP contribution in [0.4, 0.5) is 5.69 Å². The van der Waals surface area contributed by atoms with Gasteiger partial charge in [0.15, 0.2) is 6.10 Å². The molecule has 1 aromatic heterocycles. The van der Waals surface area contributed by atoms with Crippen LogP contribution in [0.3, 0.4) is 0 Å². The van der Waals surface area contributed by atoms with E-state index in [2.05, 4.69) is 15.3 Å². The van der Waals surface area contributed by atoms with Gasteiger partial charge in [-0.25, -0.2) is 4.79 Å². The molecule has 0 radical (unpaired) electrons. The lowest BCUT2D eigenvalue weighted by Gasteiger charge is -2.14. The van der Waals surface area contributed by atoms with Crippen LogP contribution < -0.4 is 5.32 Å². The van der Waals surface area contributed by atoms with Crippen LogP contribution >= 0.6 is 23.2 Å². The van der Waals surface area contributed by atoms with Crippen LogP contribution in [-0.4, -0.2) is 27.9 Å². The Morgan fingerprint density at radius 2 is 1.85 bits per heavy atom. The van der Waals surface area contributed by atoms with Gasteiger partial charge in [-0.15, -0.1) is 0 Å². The number of halogens is 2. The molecule has 8 heteroatoms. The van der Waals surface area contributed by atoms with Gasteiger partial charge in [0.05, 0.1) is 21.1 Å². The maximum Gasteiger partial charge on any atom is 0.341 e. The van der Waals surface area contributed by atoms with Crippen molar-refractivity contribution in [1.82, 2.24) is 9.97 Å². The van der Waals surface area contributed by atoms with E-state index < -0.39 is 18.0 Å². The smallest absolute Gasteiger partial charge is 0.341 e. The van der Waals surface area contributed by atoms with Gasteiger partial charge >= 0.3 is 5.97 Å². The number of nitrogens with one attached hydrogen (secondary N) is 1. The summed E-state index contributed by atoms with van der Waals surface area (Å²) in [6.07, 6.45) is 1.99. The number of para-hydroxylation sites is 1. The summed E-state index contributed by atoms with van der Waals surface area (Å²) in [7, 11) is 0. The molecule has 1 heterocycles. The van der Waals surface area contributed by atoms with Crippen molar-refractivity contribution in [3.8, 4) is 0 Å². The molecule has 0 fully saturated rings. The van der Waals surface area contributed by atoms with E-state index in [1.54, 1.807) is 30.3 Å². The number of nitrogens with zero attached hydrogens (tertiary/aromatic N) is 2. The number of aromatic nitrogens is 2. The minimum atomic E-state index is -1.02. The Kier molecular flexibility index (Phi) is 5.35. The van der Waals surface area contributed by atoms with E-state index in [1.165, 1.54) is 25.4 Å². The molecule has 0 bridgehead atoms. The van der Waals surface area contributed by atoms with Gasteiger partial charge in [0.1, 0.15) is 5.52 Å². The summed E-state index contributed by atoms with van der Waals surface area (Å²) >= 11 is 11.8. The Balaban J connectivity index is 1.72. The fraction of sp³-hybridized carbons (Fsp3) is 0.111. The number of hydrogen-bond acceptors (Lipinski definition) is 5. The molecule has 132 valence electrons. The van der Waals surface area contributed by atoms with Crippen LogP contribution in [0.5, 0.6) is 0 Å². The monoisotopic (exact) mass is 389 g/mol. The first-order valence-corrected chi connectivity index (χ1v) is 8.38. The van der Waals surface area contributed by atoms with Crippen molar-refractivity contribution in [2.45, 2.75) is 13.0 Å². The Hall–Kier alpha value is -2.70. The number of amides is 1. The Morgan fingerprint density at radius 3 is 2.62 bits per heavy atom. The number of benzene rings is 2. The van der Waals surface area contributed by atoms with Gasteiger partial charge in [0.2, 0.25) is 0 Å². The molecule has 26 heavy (non-hydrogen) atoms. The first kappa shape index (κ1) is 18.1. The molecule has 0 saturated carbocycles. The predicted octanol–water partition coefficient (Wildman–Crippen LogP) is 4.12. The summed E-state index contributed by atoms with van der Waals surface area (Å²) in [5, 5.41) is 3.30. The van der Waals surface area contributed by atoms with Crippen LogP contribution in [0.25, 0.3) is 11.0 Å². The lowest BCUT2D eigenvalue weighted by molar-refractivity contribution is -0.123. The zero-order chi connectivity index (χ0) is 18.7. The van der Waals surface area contributed by atoms with E-state index in [0.717, 1.165) is 0 Å². The van der Waals surface area contributed by atoms with Gasteiger partial charge in [-0.3, -0.25) is 14.8 Å². The molecule has 1 unspecified atom stereocenters. The molecule has 6 nitrogen and oxygen atoms in total. The molecule has 2 aromatic carbocycles. The third kappa shape index (κ3) is 3.92. The predicted molar refractivity (Wildman–Crippen MR) is 99.5 cm³/mol. The number of esters is 1. The largest absolute Gasteiger partial charge is 0.449 e. The highest BCUT2D eigenvalue weighted by Crippen LogP contribution is 2.25. The molecule has 3 aromatic rings. The fourth-order valence-corrected chi connectivity index (χ4v) is 2.55.